The average molecular weight is 290 g/mol. The van der Waals surface area contributed by atoms with E-state index in [1.54, 1.807) is 18.2 Å². The van der Waals surface area contributed by atoms with Gasteiger partial charge in [-0.25, -0.2) is 0 Å². The average Bonchev–Trinajstić information content (AvgIpc) is 2.28. The Morgan fingerprint density at radius 3 is 2.39 bits per heavy atom. The lowest BCUT2D eigenvalue weighted by atomic mass is 10.1. The van der Waals surface area contributed by atoms with E-state index in [4.69, 9.17) is 23.2 Å². The van der Waals surface area contributed by atoms with Gasteiger partial charge in [-0.2, -0.15) is 8.78 Å². The number of nitrogens with zero attached hydrogens (tertiary/aromatic N) is 1. The molecule has 0 unspecified atom stereocenters. The van der Waals surface area contributed by atoms with Gasteiger partial charge in [0, 0.05) is 17.8 Å². The summed E-state index contributed by atoms with van der Waals surface area (Å²) in [7, 11) is 0. The normalized spacial score (nSPS) is 10.7. The molecule has 0 saturated heterocycles. The number of hydrogen-bond acceptors (Lipinski definition) is 2. The zero-order valence-corrected chi connectivity index (χ0v) is 10.4. The Hall–Kier alpha value is -1.39. The molecule has 94 valence electrons. The fourth-order valence-electron chi connectivity index (χ4n) is 1.47. The number of rotatable bonds is 3. The number of aromatic nitrogens is 1. The summed E-state index contributed by atoms with van der Waals surface area (Å²) in [5.41, 5.74) is 0.865. The molecule has 2 nitrogen and oxygen atoms in total. The van der Waals surface area contributed by atoms with E-state index in [1.807, 2.05) is 0 Å². The SMILES string of the molecule is FC(F)Oc1ccnc(-c2c(Cl)cccc2Cl)c1. The second-order valence-corrected chi connectivity index (χ2v) is 4.17. The minimum Gasteiger partial charge on any atom is -0.435 e. The van der Waals surface area contributed by atoms with Crippen molar-refractivity contribution in [1.29, 1.82) is 0 Å². The van der Waals surface area contributed by atoms with Crippen molar-refractivity contribution in [2.75, 3.05) is 0 Å². The van der Waals surface area contributed by atoms with Gasteiger partial charge in [0.25, 0.3) is 0 Å². The largest absolute Gasteiger partial charge is 0.435 e. The van der Waals surface area contributed by atoms with Gasteiger partial charge in [-0.3, -0.25) is 4.98 Å². The summed E-state index contributed by atoms with van der Waals surface area (Å²) in [4.78, 5) is 4.04. The van der Waals surface area contributed by atoms with Gasteiger partial charge in [-0.1, -0.05) is 29.3 Å². The Morgan fingerprint density at radius 2 is 1.78 bits per heavy atom. The third kappa shape index (κ3) is 2.89. The molecule has 1 heterocycles. The van der Waals surface area contributed by atoms with Crippen LogP contribution in [0, 0.1) is 0 Å². The van der Waals surface area contributed by atoms with E-state index < -0.39 is 6.61 Å². The van der Waals surface area contributed by atoms with Gasteiger partial charge in [0.2, 0.25) is 0 Å². The fourth-order valence-corrected chi connectivity index (χ4v) is 2.06. The van der Waals surface area contributed by atoms with E-state index in [2.05, 4.69) is 9.72 Å². The third-order valence-corrected chi connectivity index (χ3v) is 2.81. The molecule has 0 aliphatic carbocycles. The Kier molecular flexibility index (Phi) is 3.99. The molecule has 1 aromatic heterocycles. The second kappa shape index (κ2) is 5.50. The van der Waals surface area contributed by atoms with Crippen molar-refractivity contribution in [3.8, 4) is 17.0 Å². The Labute approximate surface area is 112 Å². The maximum atomic E-state index is 12.1. The lowest BCUT2D eigenvalue weighted by molar-refractivity contribution is -0.0498. The molecule has 0 radical (unpaired) electrons. The van der Waals surface area contributed by atoms with Crippen molar-refractivity contribution in [2.24, 2.45) is 0 Å². The van der Waals surface area contributed by atoms with Crippen molar-refractivity contribution in [3.63, 3.8) is 0 Å². The maximum absolute atomic E-state index is 12.1. The maximum Gasteiger partial charge on any atom is 0.387 e. The smallest absolute Gasteiger partial charge is 0.387 e. The van der Waals surface area contributed by atoms with E-state index in [9.17, 15) is 8.78 Å². The highest BCUT2D eigenvalue weighted by atomic mass is 35.5. The first-order valence-corrected chi connectivity index (χ1v) is 5.69. The van der Waals surface area contributed by atoms with Gasteiger partial charge >= 0.3 is 6.61 Å². The summed E-state index contributed by atoms with van der Waals surface area (Å²) in [6.45, 7) is -2.89. The van der Waals surface area contributed by atoms with Gasteiger partial charge < -0.3 is 4.74 Å². The lowest BCUT2D eigenvalue weighted by Gasteiger charge is -2.08. The fraction of sp³-hybridized carbons (Fsp3) is 0.0833. The van der Waals surface area contributed by atoms with E-state index in [1.165, 1.54) is 18.3 Å². The van der Waals surface area contributed by atoms with Crippen LogP contribution in [-0.2, 0) is 0 Å². The van der Waals surface area contributed by atoms with Gasteiger partial charge in [0.05, 0.1) is 15.7 Å². The van der Waals surface area contributed by atoms with Gasteiger partial charge in [-0.15, -0.1) is 0 Å². The number of pyridine rings is 1. The number of alkyl halides is 2. The molecule has 0 spiro atoms. The molecule has 0 atom stereocenters. The van der Waals surface area contributed by atoms with Crippen molar-refractivity contribution in [2.45, 2.75) is 6.61 Å². The summed E-state index contributed by atoms with van der Waals surface area (Å²) in [5, 5.41) is 0.786. The summed E-state index contributed by atoms with van der Waals surface area (Å²) in [5.74, 6) is 0.00554. The standard InChI is InChI=1S/C12H7Cl2F2NO/c13-8-2-1-3-9(14)11(8)10-6-7(4-5-17-10)18-12(15)16/h1-6,12H. The molecular formula is C12H7Cl2F2NO. The molecule has 1 aromatic carbocycles. The van der Waals surface area contributed by atoms with Crippen LogP contribution in [0.5, 0.6) is 5.75 Å². The molecule has 0 saturated carbocycles. The molecular weight excluding hydrogens is 283 g/mol. The van der Waals surface area contributed by atoms with Crippen LogP contribution < -0.4 is 4.74 Å². The lowest BCUT2D eigenvalue weighted by Crippen LogP contribution is -2.02. The zero-order valence-electron chi connectivity index (χ0n) is 8.91. The van der Waals surface area contributed by atoms with E-state index in [-0.39, 0.29) is 5.75 Å². The minimum absolute atomic E-state index is 0.00554. The van der Waals surface area contributed by atoms with Crippen LogP contribution in [0.4, 0.5) is 8.78 Å². The number of hydrogen-bond donors (Lipinski definition) is 0. The molecule has 6 heteroatoms. The molecule has 0 aliphatic rings. The Morgan fingerprint density at radius 1 is 1.11 bits per heavy atom. The van der Waals surface area contributed by atoms with Crippen molar-refractivity contribution in [1.82, 2.24) is 4.98 Å². The zero-order chi connectivity index (χ0) is 13.1. The van der Waals surface area contributed by atoms with Crippen LogP contribution in [0.25, 0.3) is 11.3 Å². The molecule has 0 fully saturated rings. The van der Waals surface area contributed by atoms with Crippen LogP contribution in [-0.4, -0.2) is 11.6 Å². The topological polar surface area (TPSA) is 22.1 Å². The number of halogens is 4. The Bertz CT molecular complexity index is 543. The highest BCUT2D eigenvalue weighted by Crippen LogP contribution is 2.34. The third-order valence-electron chi connectivity index (χ3n) is 2.18. The predicted octanol–water partition coefficient (Wildman–Crippen LogP) is 4.66. The van der Waals surface area contributed by atoms with Crippen LogP contribution in [0.3, 0.4) is 0 Å². The van der Waals surface area contributed by atoms with Crippen molar-refractivity contribution < 1.29 is 13.5 Å². The Balaban J connectivity index is 2.45. The quantitative estimate of drug-likeness (QED) is 0.820. The van der Waals surface area contributed by atoms with Crippen molar-refractivity contribution in [3.05, 3.63) is 46.6 Å². The second-order valence-electron chi connectivity index (χ2n) is 3.35. The summed E-state index contributed by atoms with van der Waals surface area (Å²) in [6, 6.07) is 7.67. The molecule has 0 bridgehead atoms. The molecule has 0 aliphatic heterocycles. The van der Waals surface area contributed by atoms with Crippen LogP contribution in [0.1, 0.15) is 0 Å². The van der Waals surface area contributed by atoms with Gasteiger partial charge in [0.15, 0.2) is 0 Å². The van der Waals surface area contributed by atoms with Crippen molar-refractivity contribution >= 4 is 23.2 Å². The summed E-state index contributed by atoms with van der Waals surface area (Å²) in [6.07, 6.45) is 1.35. The first-order valence-electron chi connectivity index (χ1n) is 4.93. The van der Waals surface area contributed by atoms with E-state index >= 15 is 0 Å². The molecule has 18 heavy (non-hydrogen) atoms. The predicted molar refractivity (Wildman–Crippen MR) is 66.3 cm³/mol. The molecule has 0 N–H and O–H groups in total. The summed E-state index contributed by atoms with van der Waals surface area (Å²) >= 11 is 12.0. The van der Waals surface area contributed by atoms with E-state index in [0.717, 1.165) is 0 Å². The number of benzene rings is 1. The highest BCUT2D eigenvalue weighted by Gasteiger charge is 2.11. The first kappa shape index (κ1) is 13.1. The van der Waals surface area contributed by atoms with Gasteiger partial charge in [-0.05, 0) is 18.2 Å². The highest BCUT2D eigenvalue weighted by molar-refractivity contribution is 6.39. The van der Waals surface area contributed by atoms with Crippen LogP contribution in [0.2, 0.25) is 10.0 Å². The molecule has 0 amide bonds. The van der Waals surface area contributed by atoms with Crippen LogP contribution >= 0.6 is 23.2 Å². The number of ether oxygens (including phenoxy) is 1. The van der Waals surface area contributed by atoms with Gasteiger partial charge in [0.1, 0.15) is 5.75 Å². The summed E-state index contributed by atoms with van der Waals surface area (Å²) < 4.78 is 28.5. The molecule has 2 rings (SSSR count). The monoisotopic (exact) mass is 289 g/mol. The molecule has 2 aromatic rings. The van der Waals surface area contributed by atoms with E-state index in [0.29, 0.717) is 21.3 Å². The minimum atomic E-state index is -2.89. The first-order chi connectivity index (χ1) is 8.58. The van der Waals surface area contributed by atoms with Crippen LogP contribution in [0.15, 0.2) is 36.5 Å².